The van der Waals surface area contributed by atoms with Gasteiger partial charge in [-0.2, -0.15) is 0 Å². The summed E-state index contributed by atoms with van der Waals surface area (Å²) >= 11 is 0. The first-order valence-electron chi connectivity index (χ1n) is 7.83. The fourth-order valence-electron chi connectivity index (χ4n) is 3.88. The molecule has 1 heterocycles. The van der Waals surface area contributed by atoms with Crippen molar-refractivity contribution in [3.05, 3.63) is 11.9 Å². The van der Waals surface area contributed by atoms with Crippen LogP contribution in [0.25, 0.3) is 0 Å². The molecule has 1 aliphatic carbocycles. The quantitative estimate of drug-likeness (QED) is 0.584. The fourth-order valence-corrected chi connectivity index (χ4v) is 3.88. The molecule has 6 nitrogen and oxygen atoms in total. The van der Waals surface area contributed by atoms with Gasteiger partial charge in [-0.25, -0.2) is 10.1 Å². The molecule has 0 bridgehead atoms. The van der Waals surface area contributed by atoms with Crippen molar-refractivity contribution in [3.8, 4) is 0 Å². The highest BCUT2D eigenvalue weighted by molar-refractivity contribution is 5.14. The van der Waals surface area contributed by atoms with Crippen molar-refractivity contribution in [2.45, 2.75) is 64.6 Å². The van der Waals surface area contributed by atoms with Crippen molar-refractivity contribution in [2.24, 2.45) is 5.84 Å². The van der Waals surface area contributed by atoms with Gasteiger partial charge >= 0.3 is 0 Å². The van der Waals surface area contributed by atoms with E-state index in [2.05, 4.69) is 41.4 Å². The van der Waals surface area contributed by atoms with Crippen molar-refractivity contribution in [1.29, 1.82) is 0 Å². The van der Waals surface area contributed by atoms with Gasteiger partial charge in [0, 0.05) is 12.1 Å². The summed E-state index contributed by atoms with van der Waals surface area (Å²) in [7, 11) is 0. The molecule has 1 saturated carbocycles. The van der Waals surface area contributed by atoms with Crippen molar-refractivity contribution in [3.63, 3.8) is 0 Å². The second-order valence-electron chi connectivity index (χ2n) is 5.56. The molecule has 114 valence electrons. The van der Waals surface area contributed by atoms with Crippen LogP contribution in [0, 0.1) is 0 Å². The summed E-state index contributed by atoms with van der Waals surface area (Å²) in [6.07, 6.45) is 6.75. The van der Waals surface area contributed by atoms with E-state index >= 15 is 0 Å². The molecule has 0 saturated heterocycles. The molecule has 1 aromatic heterocycles. The van der Waals surface area contributed by atoms with E-state index in [0.717, 1.165) is 25.3 Å². The molecular formula is C14H28N6. The molecule has 20 heavy (non-hydrogen) atoms. The first-order chi connectivity index (χ1) is 9.73. The van der Waals surface area contributed by atoms with E-state index in [9.17, 15) is 0 Å². The van der Waals surface area contributed by atoms with Gasteiger partial charge in [0.2, 0.25) is 0 Å². The predicted molar refractivity (Wildman–Crippen MR) is 79.9 cm³/mol. The van der Waals surface area contributed by atoms with Crippen molar-refractivity contribution >= 4 is 0 Å². The molecule has 1 unspecified atom stereocenters. The molecule has 2 rings (SSSR count). The van der Waals surface area contributed by atoms with E-state index in [1.165, 1.54) is 25.7 Å². The van der Waals surface area contributed by atoms with Crippen LogP contribution in [0.2, 0.25) is 0 Å². The predicted octanol–water partition coefficient (Wildman–Crippen LogP) is 1.46. The van der Waals surface area contributed by atoms with E-state index in [1.807, 2.05) is 10.9 Å². The van der Waals surface area contributed by atoms with Gasteiger partial charge in [-0.15, -0.1) is 5.10 Å². The minimum atomic E-state index is 0.0832. The summed E-state index contributed by atoms with van der Waals surface area (Å²) in [5.41, 5.74) is 4.26. The maximum absolute atomic E-state index is 5.95. The first kappa shape index (κ1) is 15.4. The molecule has 0 aromatic carbocycles. The zero-order valence-electron chi connectivity index (χ0n) is 13.0. The molecule has 0 radical (unpaired) electrons. The fraction of sp³-hybridized carbons (Fsp3) is 0.857. The summed E-state index contributed by atoms with van der Waals surface area (Å²) in [4.78, 5) is 2.55. The number of hydrogen-bond acceptors (Lipinski definition) is 5. The average molecular weight is 280 g/mol. The lowest BCUT2D eigenvalue weighted by atomic mass is 9.84. The molecule has 0 aliphatic heterocycles. The monoisotopic (exact) mass is 280 g/mol. The molecule has 1 atom stereocenters. The Kier molecular flexibility index (Phi) is 5.12. The van der Waals surface area contributed by atoms with Crippen LogP contribution in [0.5, 0.6) is 0 Å². The van der Waals surface area contributed by atoms with E-state index in [0.29, 0.717) is 0 Å². The molecular weight excluding hydrogens is 252 g/mol. The number of nitrogens with two attached hydrogens (primary N) is 1. The van der Waals surface area contributed by atoms with Crippen LogP contribution in [0.3, 0.4) is 0 Å². The van der Waals surface area contributed by atoms with Crippen molar-refractivity contribution in [1.82, 2.24) is 25.3 Å². The number of likely N-dealkylation sites (N-methyl/N-ethyl adjacent to an activating group) is 1. The SMILES string of the molecule is CCN(CC)C1(C(NN)c2cnnn2CC)CCCC1. The molecule has 0 spiro atoms. The zero-order valence-corrected chi connectivity index (χ0v) is 13.0. The van der Waals surface area contributed by atoms with Gasteiger partial charge in [0.25, 0.3) is 0 Å². The number of nitrogens with one attached hydrogen (secondary N) is 1. The maximum atomic E-state index is 5.95. The molecule has 1 aromatic rings. The zero-order chi connectivity index (χ0) is 14.6. The topological polar surface area (TPSA) is 72.0 Å². The number of hydrazine groups is 1. The van der Waals surface area contributed by atoms with Crippen molar-refractivity contribution < 1.29 is 0 Å². The molecule has 0 amide bonds. The van der Waals surface area contributed by atoms with Crippen LogP contribution in [0.15, 0.2) is 6.20 Å². The van der Waals surface area contributed by atoms with Crippen LogP contribution in [0.1, 0.15) is 58.2 Å². The van der Waals surface area contributed by atoms with E-state index in [4.69, 9.17) is 5.84 Å². The van der Waals surface area contributed by atoms with E-state index in [1.54, 1.807) is 0 Å². The van der Waals surface area contributed by atoms with E-state index < -0.39 is 0 Å². The van der Waals surface area contributed by atoms with Crippen LogP contribution >= 0.6 is 0 Å². The van der Waals surface area contributed by atoms with Gasteiger partial charge in [-0.3, -0.25) is 10.7 Å². The summed E-state index contributed by atoms with van der Waals surface area (Å²) in [6.45, 7) is 9.45. The second kappa shape index (κ2) is 6.65. The first-order valence-corrected chi connectivity index (χ1v) is 7.83. The van der Waals surface area contributed by atoms with Gasteiger partial charge < -0.3 is 0 Å². The Labute approximate surface area is 121 Å². The summed E-state index contributed by atoms with van der Waals surface area (Å²) in [6, 6.07) is 0.0832. The Morgan fingerprint density at radius 2 is 2.00 bits per heavy atom. The van der Waals surface area contributed by atoms with Gasteiger partial charge in [0.05, 0.1) is 17.9 Å². The second-order valence-corrected chi connectivity index (χ2v) is 5.56. The smallest absolute Gasteiger partial charge is 0.0828 e. The molecule has 6 heteroatoms. The number of hydrogen-bond donors (Lipinski definition) is 2. The van der Waals surface area contributed by atoms with Crippen LogP contribution < -0.4 is 11.3 Å². The third-order valence-electron chi connectivity index (χ3n) is 4.81. The molecule has 1 aliphatic rings. The lowest BCUT2D eigenvalue weighted by Crippen LogP contribution is -2.56. The van der Waals surface area contributed by atoms with Gasteiger partial charge in [0.1, 0.15) is 0 Å². The summed E-state index contributed by atoms with van der Waals surface area (Å²) in [5.74, 6) is 5.95. The van der Waals surface area contributed by atoms with Crippen LogP contribution in [0.4, 0.5) is 0 Å². The minimum absolute atomic E-state index is 0.0832. The average Bonchev–Trinajstić information content (AvgIpc) is 3.11. The Morgan fingerprint density at radius 3 is 2.50 bits per heavy atom. The van der Waals surface area contributed by atoms with Gasteiger partial charge in [-0.1, -0.05) is 31.9 Å². The maximum Gasteiger partial charge on any atom is 0.0828 e. The highest BCUT2D eigenvalue weighted by atomic mass is 15.4. The van der Waals surface area contributed by atoms with E-state index in [-0.39, 0.29) is 11.6 Å². The van der Waals surface area contributed by atoms with Gasteiger partial charge in [0.15, 0.2) is 0 Å². The molecule has 3 N–H and O–H groups in total. The lowest BCUT2D eigenvalue weighted by molar-refractivity contribution is 0.0593. The largest absolute Gasteiger partial charge is 0.296 e. The van der Waals surface area contributed by atoms with Crippen LogP contribution in [-0.2, 0) is 6.54 Å². The third-order valence-corrected chi connectivity index (χ3v) is 4.81. The number of aromatic nitrogens is 3. The normalized spacial score (nSPS) is 19.6. The standard InChI is InChI=1S/C14H28N6/c1-4-19(5-2)14(9-7-8-10-14)13(17-15)12-11-16-18-20(12)6-3/h11,13,17H,4-10,15H2,1-3H3. The highest BCUT2D eigenvalue weighted by Crippen LogP contribution is 2.43. The van der Waals surface area contributed by atoms with Crippen molar-refractivity contribution in [2.75, 3.05) is 13.1 Å². The van der Waals surface area contributed by atoms with Crippen LogP contribution in [-0.4, -0.2) is 38.5 Å². The number of nitrogens with zero attached hydrogens (tertiary/aromatic N) is 4. The Morgan fingerprint density at radius 1 is 1.35 bits per heavy atom. The summed E-state index contributed by atoms with van der Waals surface area (Å²) in [5, 5.41) is 8.24. The Hall–Kier alpha value is -0.980. The highest BCUT2D eigenvalue weighted by Gasteiger charge is 2.46. The Bertz CT molecular complexity index is 406. The number of rotatable bonds is 7. The minimum Gasteiger partial charge on any atom is -0.296 e. The molecule has 1 fully saturated rings. The lowest BCUT2D eigenvalue weighted by Gasteiger charge is -2.45. The van der Waals surface area contributed by atoms with Gasteiger partial charge in [-0.05, 0) is 32.9 Å². The Balaban J connectivity index is 2.40. The third kappa shape index (κ3) is 2.47. The number of aryl methyl sites for hydroxylation is 1. The summed E-state index contributed by atoms with van der Waals surface area (Å²) < 4.78 is 1.95.